The fraction of sp³-hybridized carbons (Fsp3) is 0.133. The van der Waals surface area contributed by atoms with Crippen LogP contribution < -0.4 is 11.1 Å². The van der Waals surface area contributed by atoms with Crippen LogP contribution in [-0.4, -0.2) is 5.91 Å². The van der Waals surface area contributed by atoms with Crippen molar-refractivity contribution in [3.8, 4) is 0 Å². The lowest BCUT2D eigenvalue weighted by atomic mass is 10.1. The highest BCUT2D eigenvalue weighted by molar-refractivity contribution is 6.39. The first kappa shape index (κ1) is 16.0. The van der Waals surface area contributed by atoms with Gasteiger partial charge in [-0.1, -0.05) is 46.9 Å². The van der Waals surface area contributed by atoms with Crippen LogP contribution in [0.4, 0.5) is 11.4 Å². The highest BCUT2D eigenvalue weighted by atomic mass is 35.5. The smallest absolute Gasteiger partial charge is 0.224 e. The van der Waals surface area contributed by atoms with E-state index in [0.29, 0.717) is 39.3 Å². The van der Waals surface area contributed by atoms with Gasteiger partial charge in [0.1, 0.15) is 0 Å². The van der Waals surface area contributed by atoms with Crippen LogP contribution in [0, 0.1) is 0 Å². The predicted molar refractivity (Wildman–Crippen MR) is 89.3 cm³/mol. The van der Waals surface area contributed by atoms with E-state index >= 15 is 0 Å². The van der Waals surface area contributed by atoms with Gasteiger partial charge >= 0.3 is 0 Å². The zero-order valence-corrected chi connectivity index (χ0v) is 13.3. The van der Waals surface area contributed by atoms with Gasteiger partial charge in [0.15, 0.2) is 0 Å². The van der Waals surface area contributed by atoms with E-state index < -0.39 is 0 Å². The molecule has 2 aromatic carbocycles. The van der Waals surface area contributed by atoms with E-state index in [1.165, 1.54) is 0 Å². The highest BCUT2D eigenvalue weighted by Crippen LogP contribution is 2.31. The Bertz CT molecular complexity index is 651. The van der Waals surface area contributed by atoms with Gasteiger partial charge in [0.05, 0.1) is 15.7 Å². The molecule has 0 saturated carbocycles. The van der Waals surface area contributed by atoms with E-state index in [1.807, 2.05) is 18.2 Å². The second-order valence-corrected chi connectivity index (χ2v) is 5.78. The number of hydrogen-bond acceptors (Lipinski definition) is 2. The summed E-state index contributed by atoms with van der Waals surface area (Å²) < 4.78 is 0. The Balaban J connectivity index is 1.96. The monoisotopic (exact) mass is 342 g/mol. The third-order valence-electron chi connectivity index (χ3n) is 2.89. The molecule has 0 radical (unpaired) electrons. The summed E-state index contributed by atoms with van der Waals surface area (Å²) in [4.78, 5) is 11.9. The van der Waals surface area contributed by atoms with Crippen molar-refractivity contribution < 1.29 is 4.79 Å². The summed E-state index contributed by atoms with van der Waals surface area (Å²) in [5.74, 6) is -0.133. The van der Waals surface area contributed by atoms with Crippen LogP contribution >= 0.6 is 34.8 Å². The molecule has 0 aliphatic rings. The van der Waals surface area contributed by atoms with Gasteiger partial charge in [-0.05, 0) is 36.2 Å². The molecule has 0 fully saturated rings. The Morgan fingerprint density at radius 1 is 1.10 bits per heavy atom. The number of anilines is 2. The van der Waals surface area contributed by atoms with Crippen molar-refractivity contribution in [2.24, 2.45) is 0 Å². The van der Waals surface area contributed by atoms with Crippen LogP contribution in [0.1, 0.15) is 12.0 Å². The van der Waals surface area contributed by atoms with Crippen molar-refractivity contribution in [3.05, 3.63) is 57.0 Å². The highest BCUT2D eigenvalue weighted by Gasteiger charge is 2.08. The summed E-state index contributed by atoms with van der Waals surface area (Å²) in [6.45, 7) is 0. The largest absolute Gasteiger partial charge is 0.396 e. The van der Waals surface area contributed by atoms with Gasteiger partial charge in [0.2, 0.25) is 5.91 Å². The normalized spacial score (nSPS) is 10.4. The van der Waals surface area contributed by atoms with E-state index in [1.54, 1.807) is 18.2 Å². The molecule has 0 aliphatic heterocycles. The second-order valence-electron chi connectivity index (χ2n) is 4.53. The molecule has 0 unspecified atom stereocenters. The van der Waals surface area contributed by atoms with Crippen molar-refractivity contribution in [2.45, 2.75) is 12.8 Å². The number of amides is 1. The SMILES string of the molecule is Nc1c(Cl)cc(NC(=O)CCc2cccc(Cl)c2)cc1Cl. The first-order valence-electron chi connectivity index (χ1n) is 6.24. The molecule has 0 aliphatic carbocycles. The standard InChI is InChI=1S/C15H13Cl3N2O/c16-10-3-1-2-9(6-10)4-5-14(21)20-11-7-12(17)15(19)13(18)8-11/h1-3,6-8H,4-5,19H2,(H,20,21). The van der Waals surface area contributed by atoms with Crippen molar-refractivity contribution in [1.82, 2.24) is 0 Å². The summed E-state index contributed by atoms with van der Waals surface area (Å²) in [7, 11) is 0. The number of carbonyl (C=O) groups is 1. The number of rotatable bonds is 4. The van der Waals surface area contributed by atoms with Gasteiger partial charge < -0.3 is 11.1 Å². The van der Waals surface area contributed by atoms with Crippen molar-refractivity contribution in [2.75, 3.05) is 11.1 Å². The van der Waals surface area contributed by atoms with Crippen LogP contribution in [-0.2, 0) is 11.2 Å². The summed E-state index contributed by atoms with van der Waals surface area (Å²) >= 11 is 17.7. The van der Waals surface area contributed by atoms with Crippen molar-refractivity contribution in [1.29, 1.82) is 0 Å². The molecular formula is C15H13Cl3N2O. The molecule has 2 rings (SSSR count). The Labute approximate surface area is 138 Å². The molecule has 0 heterocycles. The number of nitrogens with one attached hydrogen (secondary N) is 1. The van der Waals surface area contributed by atoms with Gasteiger partial charge in [0.25, 0.3) is 0 Å². The average molecular weight is 344 g/mol. The molecule has 0 atom stereocenters. The fourth-order valence-corrected chi connectivity index (χ4v) is 2.53. The van der Waals surface area contributed by atoms with Gasteiger partial charge in [-0.25, -0.2) is 0 Å². The lowest BCUT2D eigenvalue weighted by molar-refractivity contribution is -0.116. The maximum atomic E-state index is 11.9. The van der Waals surface area contributed by atoms with Crippen LogP contribution in [0.3, 0.4) is 0 Å². The van der Waals surface area contributed by atoms with Crippen LogP contribution in [0.25, 0.3) is 0 Å². The van der Waals surface area contributed by atoms with E-state index in [0.717, 1.165) is 5.56 Å². The Hall–Kier alpha value is -1.42. The lowest BCUT2D eigenvalue weighted by Crippen LogP contribution is -2.12. The minimum atomic E-state index is -0.133. The van der Waals surface area contributed by atoms with Crippen molar-refractivity contribution >= 4 is 52.1 Å². The van der Waals surface area contributed by atoms with Crippen LogP contribution in [0.5, 0.6) is 0 Å². The molecule has 0 spiro atoms. The maximum Gasteiger partial charge on any atom is 0.224 e. The molecule has 3 nitrogen and oxygen atoms in total. The van der Waals surface area contributed by atoms with Crippen molar-refractivity contribution in [3.63, 3.8) is 0 Å². The number of nitrogens with two attached hydrogens (primary N) is 1. The third kappa shape index (κ3) is 4.53. The topological polar surface area (TPSA) is 55.1 Å². The lowest BCUT2D eigenvalue weighted by Gasteiger charge is -2.08. The van der Waals surface area contributed by atoms with Crippen LogP contribution in [0.2, 0.25) is 15.1 Å². The maximum absolute atomic E-state index is 11.9. The summed E-state index contributed by atoms with van der Waals surface area (Å²) in [6.07, 6.45) is 0.933. The Morgan fingerprint density at radius 3 is 2.38 bits per heavy atom. The number of nitrogen functional groups attached to an aromatic ring is 1. The number of aryl methyl sites for hydroxylation is 1. The van der Waals surface area contributed by atoms with E-state index in [4.69, 9.17) is 40.5 Å². The molecule has 0 bridgehead atoms. The molecule has 2 aromatic rings. The molecule has 0 saturated heterocycles. The number of benzene rings is 2. The van der Waals surface area contributed by atoms with Gasteiger partial charge in [0, 0.05) is 17.1 Å². The Kier molecular flexibility index (Phi) is 5.34. The second kappa shape index (κ2) is 7.03. The minimum absolute atomic E-state index is 0.133. The average Bonchev–Trinajstić information content (AvgIpc) is 2.42. The quantitative estimate of drug-likeness (QED) is 0.783. The molecule has 21 heavy (non-hydrogen) atoms. The minimum Gasteiger partial charge on any atom is -0.396 e. The summed E-state index contributed by atoms with van der Waals surface area (Å²) in [6, 6.07) is 10.6. The zero-order valence-electron chi connectivity index (χ0n) is 11.0. The number of carbonyl (C=O) groups excluding carboxylic acids is 1. The summed E-state index contributed by atoms with van der Waals surface area (Å²) in [5, 5.41) is 4.02. The van der Waals surface area contributed by atoms with Gasteiger partial charge in [-0.15, -0.1) is 0 Å². The van der Waals surface area contributed by atoms with Gasteiger partial charge in [-0.2, -0.15) is 0 Å². The molecule has 6 heteroatoms. The van der Waals surface area contributed by atoms with E-state index in [2.05, 4.69) is 5.32 Å². The molecule has 0 aromatic heterocycles. The first-order chi connectivity index (χ1) is 9.95. The number of halogens is 3. The molecule has 3 N–H and O–H groups in total. The molecule has 1 amide bonds. The summed E-state index contributed by atoms with van der Waals surface area (Å²) in [5.41, 5.74) is 7.47. The number of hydrogen-bond donors (Lipinski definition) is 2. The van der Waals surface area contributed by atoms with E-state index in [-0.39, 0.29) is 5.91 Å². The van der Waals surface area contributed by atoms with E-state index in [9.17, 15) is 4.79 Å². The molecular weight excluding hydrogens is 331 g/mol. The zero-order chi connectivity index (χ0) is 15.4. The first-order valence-corrected chi connectivity index (χ1v) is 7.38. The molecule has 110 valence electrons. The fourth-order valence-electron chi connectivity index (χ4n) is 1.83. The predicted octanol–water partition coefficient (Wildman–Crippen LogP) is 4.80. The third-order valence-corrected chi connectivity index (χ3v) is 3.75. The van der Waals surface area contributed by atoms with Gasteiger partial charge in [-0.3, -0.25) is 4.79 Å². The van der Waals surface area contributed by atoms with Crippen LogP contribution in [0.15, 0.2) is 36.4 Å². The Morgan fingerprint density at radius 2 is 1.76 bits per heavy atom.